The number of ether oxygens (including phenoxy) is 1. The first-order chi connectivity index (χ1) is 40.0. The normalized spacial score (nSPS) is 12.9. The molecule has 0 heterocycles. The molecule has 0 aliphatic rings. The maximum atomic E-state index is 12.5. The van der Waals surface area contributed by atoms with Gasteiger partial charge in [-0.25, -0.2) is 0 Å². The van der Waals surface area contributed by atoms with Crippen LogP contribution in [0.1, 0.15) is 380 Å². The van der Waals surface area contributed by atoms with Crippen LogP contribution in [0, 0.1) is 0 Å². The van der Waals surface area contributed by atoms with Crippen molar-refractivity contribution in [1.82, 2.24) is 5.32 Å². The number of hydrogen-bond acceptors (Lipinski definition) is 5. The van der Waals surface area contributed by atoms with E-state index in [9.17, 15) is 19.8 Å². The van der Waals surface area contributed by atoms with E-state index in [1.807, 2.05) is 6.08 Å². The van der Waals surface area contributed by atoms with Gasteiger partial charge >= 0.3 is 5.97 Å². The molecule has 2 unspecified atom stereocenters. The molecule has 474 valence electrons. The van der Waals surface area contributed by atoms with Crippen molar-refractivity contribution in [3.8, 4) is 0 Å². The number of aliphatic hydroxyl groups excluding tert-OH is 2. The zero-order valence-electron chi connectivity index (χ0n) is 54.3. The molecule has 3 N–H and O–H groups in total. The zero-order chi connectivity index (χ0) is 58.5. The Balaban J connectivity index is 3.41. The van der Waals surface area contributed by atoms with Crippen molar-refractivity contribution in [1.29, 1.82) is 0 Å². The van der Waals surface area contributed by atoms with Gasteiger partial charge in [0.2, 0.25) is 5.91 Å². The van der Waals surface area contributed by atoms with Gasteiger partial charge in [0.15, 0.2) is 0 Å². The van der Waals surface area contributed by atoms with Gasteiger partial charge in [0, 0.05) is 12.8 Å². The number of carbonyl (C=O) groups is 2. The minimum atomic E-state index is -0.844. The van der Waals surface area contributed by atoms with Crippen molar-refractivity contribution in [2.24, 2.45) is 0 Å². The second-order valence-corrected chi connectivity index (χ2v) is 24.6. The number of hydrogen-bond donors (Lipinski definition) is 3. The van der Waals surface area contributed by atoms with Crippen LogP contribution in [0.15, 0.2) is 60.8 Å². The van der Waals surface area contributed by atoms with E-state index >= 15 is 0 Å². The molecular formula is C75H139NO5. The van der Waals surface area contributed by atoms with Crippen LogP contribution in [0.5, 0.6) is 0 Å². The lowest BCUT2D eigenvalue weighted by Gasteiger charge is -2.20. The van der Waals surface area contributed by atoms with Crippen LogP contribution >= 0.6 is 0 Å². The monoisotopic (exact) mass is 1130 g/mol. The molecule has 0 bridgehead atoms. The number of rotatable bonds is 67. The second kappa shape index (κ2) is 70.0. The Hall–Kier alpha value is -2.44. The summed E-state index contributed by atoms with van der Waals surface area (Å²) in [7, 11) is 0. The van der Waals surface area contributed by atoms with Crippen LogP contribution < -0.4 is 5.32 Å². The predicted octanol–water partition coefficient (Wildman–Crippen LogP) is 23.4. The average Bonchev–Trinajstić information content (AvgIpc) is 3.47. The molecule has 0 saturated carbocycles. The third kappa shape index (κ3) is 66.6. The van der Waals surface area contributed by atoms with Crippen molar-refractivity contribution in [3.63, 3.8) is 0 Å². The Morgan fingerprint density at radius 1 is 0.346 bits per heavy atom. The standard InChI is InChI=1S/C75H139NO5/c1-3-5-7-9-11-13-15-17-19-37-40-43-47-51-55-59-63-67-73(78)72(71-77)76-74(79)68-64-60-56-52-48-44-41-38-35-33-31-29-27-25-23-21-20-22-24-26-28-30-32-34-36-39-42-46-50-54-58-62-66-70-81-75(80)69-65-61-57-53-49-45-18-16-14-12-10-8-6-4-2/h10,12,16,18,24,26,30,32,63,67,72-73,77-78H,3-9,11,13-15,17,19-23,25,27-29,31,33-62,64-66,68-71H2,1-2H3,(H,76,79)/b12-10-,18-16-,26-24-,32-30-,67-63+. The largest absolute Gasteiger partial charge is 0.466 e. The smallest absolute Gasteiger partial charge is 0.305 e. The molecule has 0 aliphatic heterocycles. The number of amides is 1. The molecule has 0 aromatic rings. The molecule has 0 aromatic heterocycles. The van der Waals surface area contributed by atoms with Gasteiger partial charge in [-0.15, -0.1) is 0 Å². The van der Waals surface area contributed by atoms with Crippen molar-refractivity contribution in [2.45, 2.75) is 392 Å². The lowest BCUT2D eigenvalue weighted by atomic mass is 10.0. The molecule has 0 saturated heterocycles. The van der Waals surface area contributed by atoms with E-state index in [-0.39, 0.29) is 18.5 Å². The van der Waals surface area contributed by atoms with Gasteiger partial charge in [0.1, 0.15) is 0 Å². The molecule has 0 fully saturated rings. The van der Waals surface area contributed by atoms with Gasteiger partial charge in [0.05, 0.1) is 25.4 Å². The van der Waals surface area contributed by atoms with E-state index < -0.39 is 12.1 Å². The van der Waals surface area contributed by atoms with Gasteiger partial charge in [-0.05, 0) is 89.9 Å². The van der Waals surface area contributed by atoms with E-state index in [4.69, 9.17) is 4.74 Å². The fourth-order valence-electron chi connectivity index (χ4n) is 11.0. The van der Waals surface area contributed by atoms with Gasteiger partial charge in [0.25, 0.3) is 0 Å². The van der Waals surface area contributed by atoms with Crippen LogP contribution in [0.2, 0.25) is 0 Å². The maximum absolute atomic E-state index is 12.5. The summed E-state index contributed by atoms with van der Waals surface area (Å²) >= 11 is 0. The first-order valence-corrected chi connectivity index (χ1v) is 36.1. The molecule has 0 rings (SSSR count). The zero-order valence-corrected chi connectivity index (χ0v) is 54.3. The van der Waals surface area contributed by atoms with E-state index in [0.717, 1.165) is 57.8 Å². The van der Waals surface area contributed by atoms with E-state index in [0.29, 0.717) is 19.4 Å². The summed E-state index contributed by atoms with van der Waals surface area (Å²) in [6.07, 6.45) is 93.1. The first-order valence-electron chi connectivity index (χ1n) is 36.1. The molecule has 2 atom stereocenters. The third-order valence-electron chi connectivity index (χ3n) is 16.5. The Morgan fingerprint density at radius 2 is 0.630 bits per heavy atom. The van der Waals surface area contributed by atoms with Crippen LogP contribution in [-0.4, -0.2) is 47.4 Å². The number of nitrogens with one attached hydrogen (secondary N) is 1. The molecule has 0 radical (unpaired) electrons. The van der Waals surface area contributed by atoms with Gasteiger partial charge in [-0.2, -0.15) is 0 Å². The summed E-state index contributed by atoms with van der Waals surface area (Å²) in [5.41, 5.74) is 0. The summed E-state index contributed by atoms with van der Waals surface area (Å²) in [6, 6.07) is -0.628. The van der Waals surface area contributed by atoms with Crippen LogP contribution in [0.25, 0.3) is 0 Å². The first kappa shape index (κ1) is 78.6. The number of carbonyl (C=O) groups excluding carboxylic acids is 2. The van der Waals surface area contributed by atoms with E-state index in [2.05, 4.69) is 67.8 Å². The summed E-state index contributed by atoms with van der Waals surface area (Å²) in [6.45, 7) is 4.88. The fourth-order valence-corrected chi connectivity index (χ4v) is 11.0. The number of aliphatic hydroxyl groups is 2. The lowest BCUT2D eigenvalue weighted by molar-refractivity contribution is -0.143. The molecule has 0 aromatic carbocycles. The summed E-state index contributed by atoms with van der Waals surface area (Å²) < 4.78 is 5.48. The highest BCUT2D eigenvalue weighted by molar-refractivity contribution is 5.76. The Bertz CT molecular complexity index is 1400. The molecule has 1 amide bonds. The van der Waals surface area contributed by atoms with Crippen LogP contribution in [0.3, 0.4) is 0 Å². The lowest BCUT2D eigenvalue weighted by Crippen LogP contribution is -2.45. The van der Waals surface area contributed by atoms with Gasteiger partial charge in [-0.1, -0.05) is 338 Å². The van der Waals surface area contributed by atoms with Crippen molar-refractivity contribution in [3.05, 3.63) is 60.8 Å². The van der Waals surface area contributed by atoms with Crippen molar-refractivity contribution >= 4 is 11.9 Å². The molecule has 6 nitrogen and oxygen atoms in total. The SMILES string of the molecule is CCCC/C=C\C/C=C\CCCCCCCC(=O)OCCCCCCCCCCC/C=C\C/C=C\CCCCCCCCCCCCCCCCCCCC(=O)NC(CO)C(O)/C=C/CCCCCCCCCCCCCCCCC. The second-order valence-electron chi connectivity index (χ2n) is 24.6. The van der Waals surface area contributed by atoms with E-state index in [1.165, 1.54) is 295 Å². The fraction of sp³-hybridized carbons (Fsp3) is 0.840. The Kier molecular flexibility index (Phi) is 67.9. The molecule has 81 heavy (non-hydrogen) atoms. The van der Waals surface area contributed by atoms with Gasteiger partial charge in [-0.3, -0.25) is 9.59 Å². The molecular weight excluding hydrogens is 995 g/mol. The number of esters is 1. The Labute approximate surface area is 505 Å². The van der Waals surface area contributed by atoms with Crippen LogP contribution in [-0.2, 0) is 14.3 Å². The molecule has 0 aliphatic carbocycles. The average molecular weight is 1130 g/mol. The highest BCUT2D eigenvalue weighted by atomic mass is 16.5. The predicted molar refractivity (Wildman–Crippen MR) is 356 cm³/mol. The number of allylic oxidation sites excluding steroid dienone is 9. The van der Waals surface area contributed by atoms with Gasteiger partial charge < -0.3 is 20.3 Å². The van der Waals surface area contributed by atoms with Crippen molar-refractivity contribution in [2.75, 3.05) is 13.2 Å². The maximum Gasteiger partial charge on any atom is 0.305 e. The third-order valence-corrected chi connectivity index (χ3v) is 16.5. The van der Waals surface area contributed by atoms with Crippen LogP contribution in [0.4, 0.5) is 0 Å². The Morgan fingerprint density at radius 3 is 0.975 bits per heavy atom. The van der Waals surface area contributed by atoms with E-state index in [1.54, 1.807) is 6.08 Å². The van der Waals surface area contributed by atoms with Crippen molar-refractivity contribution < 1.29 is 24.5 Å². The summed E-state index contributed by atoms with van der Waals surface area (Å²) in [5.74, 6) is -0.0649. The quantitative estimate of drug-likeness (QED) is 0.0320. The minimum absolute atomic E-state index is 0.000928. The highest BCUT2D eigenvalue weighted by Crippen LogP contribution is 2.18. The number of unbranched alkanes of at least 4 members (excludes halogenated alkanes) is 48. The minimum Gasteiger partial charge on any atom is -0.466 e. The topological polar surface area (TPSA) is 95.9 Å². The highest BCUT2D eigenvalue weighted by Gasteiger charge is 2.18. The molecule has 0 spiro atoms. The summed E-state index contributed by atoms with van der Waals surface area (Å²) in [5, 5.41) is 23.2. The summed E-state index contributed by atoms with van der Waals surface area (Å²) in [4.78, 5) is 24.6. The molecule has 6 heteroatoms.